The Balaban J connectivity index is 1.95. The number of nitrogens with one attached hydrogen (secondary N) is 1. The number of carbonyl (C=O) groups excluding carboxylic acids is 1. The van der Waals surface area contributed by atoms with Crippen LogP contribution in [-0.2, 0) is 4.79 Å². The number of carbonyl (C=O) groups is 1. The molecular weight excluding hydrogens is 232 g/mol. The van der Waals surface area contributed by atoms with Crippen LogP contribution in [0.4, 0.5) is 5.82 Å². The second kappa shape index (κ2) is 5.41. The first-order valence-corrected chi connectivity index (χ1v) is 6.07. The Morgan fingerprint density at radius 1 is 1.41 bits per heavy atom. The zero-order chi connectivity index (χ0) is 12.1. The summed E-state index contributed by atoms with van der Waals surface area (Å²) < 4.78 is 0. The molecule has 2 rings (SSSR count). The number of nitrogens with zero attached hydrogens (tertiary/aromatic N) is 1. The summed E-state index contributed by atoms with van der Waals surface area (Å²) in [7, 11) is 0. The molecule has 2 heterocycles. The van der Waals surface area contributed by atoms with E-state index in [2.05, 4.69) is 10.3 Å². The fourth-order valence-corrected chi connectivity index (χ4v) is 1.87. The standard InChI is InChI=1S/C13H12N2OS/c1-10-4-6-12(14-9-10)15-13(16)7-5-11-3-2-8-17-11/h2-9H,1H3,(H,14,15,16). The largest absolute Gasteiger partial charge is 0.307 e. The van der Waals surface area contributed by atoms with Crippen molar-refractivity contribution in [2.75, 3.05) is 5.32 Å². The van der Waals surface area contributed by atoms with E-state index in [4.69, 9.17) is 0 Å². The number of hydrogen-bond acceptors (Lipinski definition) is 3. The van der Waals surface area contributed by atoms with Crippen molar-refractivity contribution < 1.29 is 4.79 Å². The molecule has 3 nitrogen and oxygen atoms in total. The van der Waals surface area contributed by atoms with Gasteiger partial charge in [-0.25, -0.2) is 4.98 Å². The van der Waals surface area contributed by atoms with Gasteiger partial charge in [0.2, 0.25) is 5.91 Å². The normalized spacial score (nSPS) is 10.6. The number of aromatic nitrogens is 1. The summed E-state index contributed by atoms with van der Waals surface area (Å²) in [6.07, 6.45) is 5.01. The summed E-state index contributed by atoms with van der Waals surface area (Å²) in [6.45, 7) is 1.95. The lowest BCUT2D eigenvalue weighted by Crippen LogP contribution is -2.08. The van der Waals surface area contributed by atoms with Crippen molar-refractivity contribution in [3.63, 3.8) is 0 Å². The number of rotatable bonds is 3. The van der Waals surface area contributed by atoms with E-state index in [1.165, 1.54) is 6.08 Å². The van der Waals surface area contributed by atoms with E-state index in [0.29, 0.717) is 5.82 Å². The van der Waals surface area contributed by atoms with Crippen LogP contribution >= 0.6 is 11.3 Å². The van der Waals surface area contributed by atoms with Crippen molar-refractivity contribution in [2.45, 2.75) is 6.92 Å². The van der Waals surface area contributed by atoms with Crippen LogP contribution in [0.5, 0.6) is 0 Å². The number of anilines is 1. The lowest BCUT2D eigenvalue weighted by molar-refractivity contribution is -0.111. The van der Waals surface area contributed by atoms with E-state index < -0.39 is 0 Å². The highest BCUT2D eigenvalue weighted by Crippen LogP contribution is 2.10. The van der Waals surface area contributed by atoms with Gasteiger partial charge in [-0.3, -0.25) is 4.79 Å². The second-order valence-corrected chi connectivity index (χ2v) is 4.54. The minimum Gasteiger partial charge on any atom is -0.307 e. The number of thiophene rings is 1. The van der Waals surface area contributed by atoms with E-state index in [1.54, 1.807) is 29.7 Å². The van der Waals surface area contributed by atoms with Crippen LogP contribution in [-0.4, -0.2) is 10.9 Å². The zero-order valence-electron chi connectivity index (χ0n) is 9.38. The molecule has 0 unspecified atom stereocenters. The molecule has 0 aliphatic heterocycles. The van der Waals surface area contributed by atoms with Gasteiger partial charge >= 0.3 is 0 Å². The summed E-state index contributed by atoms with van der Waals surface area (Å²) in [5.74, 6) is 0.395. The summed E-state index contributed by atoms with van der Waals surface area (Å²) in [6, 6.07) is 7.60. The highest BCUT2D eigenvalue weighted by molar-refractivity contribution is 7.10. The van der Waals surface area contributed by atoms with Gasteiger partial charge in [0.1, 0.15) is 5.82 Å². The molecule has 2 aromatic heterocycles. The van der Waals surface area contributed by atoms with E-state index in [1.807, 2.05) is 30.5 Å². The molecule has 17 heavy (non-hydrogen) atoms. The van der Waals surface area contributed by atoms with Crippen LogP contribution in [0, 0.1) is 6.92 Å². The molecule has 0 bridgehead atoms. The first-order chi connectivity index (χ1) is 8.24. The number of aryl methyl sites for hydroxylation is 1. The molecule has 0 saturated heterocycles. The minimum atomic E-state index is -0.172. The Morgan fingerprint density at radius 3 is 2.94 bits per heavy atom. The molecule has 0 aromatic carbocycles. The highest BCUT2D eigenvalue weighted by Gasteiger charge is 1.98. The minimum absolute atomic E-state index is 0.172. The Kier molecular flexibility index (Phi) is 3.67. The first-order valence-electron chi connectivity index (χ1n) is 5.19. The third kappa shape index (κ3) is 3.53. The number of hydrogen-bond donors (Lipinski definition) is 1. The van der Waals surface area contributed by atoms with Gasteiger partial charge in [-0.1, -0.05) is 12.1 Å². The number of amides is 1. The average Bonchev–Trinajstić information content (AvgIpc) is 2.83. The van der Waals surface area contributed by atoms with E-state index >= 15 is 0 Å². The summed E-state index contributed by atoms with van der Waals surface area (Å²) in [5.41, 5.74) is 1.07. The SMILES string of the molecule is Cc1ccc(NC(=O)C=Cc2cccs2)nc1. The molecule has 0 atom stereocenters. The van der Waals surface area contributed by atoms with Gasteiger partial charge in [0, 0.05) is 17.2 Å². The fourth-order valence-electron chi connectivity index (χ4n) is 1.25. The Morgan fingerprint density at radius 2 is 2.29 bits per heavy atom. The predicted octanol–water partition coefficient (Wildman–Crippen LogP) is 3.10. The van der Waals surface area contributed by atoms with Gasteiger partial charge in [0.15, 0.2) is 0 Å². The van der Waals surface area contributed by atoms with E-state index in [-0.39, 0.29) is 5.91 Å². The van der Waals surface area contributed by atoms with E-state index in [0.717, 1.165) is 10.4 Å². The maximum absolute atomic E-state index is 11.6. The molecule has 0 fully saturated rings. The zero-order valence-corrected chi connectivity index (χ0v) is 10.2. The average molecular weight is 244 g/mol. The van der Waals surface area contributed by atoms with E-state index in [9.17, 15) is 4.79 Å². The van der Waals surface area contributed by atoms with Crippen LogP contribution in [0.3, 0.4) is 0 Å². The molecule has 1 N–H and O–H groups in total. The molecule has 0 saturated carbocycles. The van der Waals surface area contributed by atoms with Crippen molar-refractivity contribution in [1.82, 2.24) is 4.98 Å². The van der Waals surface area contributed by atoms with Crippen molar-refractivity contribution in [3.05, 3.63) is 52.4 Å². The Hall–Kier alpha value is -1.94. The molecular formula is C13H12N2OS. The van der Waals surface area contributed by atoms with Crippen molar-refractivity contribution >= 4 is 29.1 Å². The van der Waals surface area contributed by atoms with Crippen molar-refractivity contribution in [2.24, 2.45) is 0 Å². The van der Waals surface area contributed by atoms with Gasteiger partial charge in [-0.2, -0.15) is 0 Å². The molecule has 0 aliphatic carbocycles. The lowest BCUT2D eigenvalue weighted by atomic mass is 10.3. The van der Waals surface area contributed by atoms with Gasteiger partial charge < -0.3 is 5.32 Å². The monoisotopic (exact) mass is 244 g/mol. The van der Waals surface area contributed by atoms with Crippen LogP contribution in [0.2, 0.25) is 0 Å². The maximum atomic E-state index is 11.6. The van der Waals surface area contributed by atoms with Crippen LogP contribution in [0.1, 0.15) is 10.4 Å². The third-order valence-corrected chi connectivity index (χ3v) is 2.94. The molecule has 86 valence electrons. The Bertz CT molecular complexity index is 515. The van der Waals surface area contributed by atoms with Crippen LogP contribution in [0.25, 0.3) is 6.08 Å². The smallest absolute Gasteiger partial charge is 0.249 e. The molecule has 2 aromatic rings. The van der Waals surface area contributed by atoms with Crippen LogP contribution in [0.15, 0.2) is 41.9 Å². The lowest BCUT2D eigenvalue weighted by Gasteiger charge is -2.00. The third-order valence-electron chi connectivity index (χ3n) is 2.10. The molecule has 4 heteroatoms. The van der Waals surface area contributed by atoms with Gasteiger partial charge in [0.25, 0.3) is 0 Å². The van der Waals surface area contributed by atoms with Gasteiger partial charge in [0.05, 0.1) is 0 Å². The molecule has 1 amide bonds. The molecule has 0 aliphatic rings. The Labute approximate surface area is 104 Å². The second-order valence-electron chi connectivity index (χ2n) is 3.56. The highest BCUT2D eigenvalue weighted by atomic mass is 32.1. The van der Waals surface area contributed by atoms with Crippen molar-refractivity contribution in [3.8, 4) is 0 Å². The summed E-state index contributed by atoms with van der Waals surface area (Å²) >= 11 is 1.59. The molecule has 0 radical (unpaired) electrons. The summed E-state index contributed by atoms with van der Waals surface area (Å²) in [5, 5.41) is 4.67. The van der Waals surface area contributed by atoms with Gasteiger partial charge in [-0.05, 0) is 36.1 Å². The topological polar surface area (TPSA) is 42.0 Å². The van der Waals surface area contributed by atoms with Crippen molar-refractivity contribution in [1.29, 1.82) is 0 Å². The number of pyridine rings is 1. The quantitative estimate of drug-likeness (QED) is 0.843. The molecule has 0 spiro atoms. The first kappa shape index (κ1) is 11.5. The predicted molar refractivity (Wildman–Crippen MR) is 71.0 cm³/mol. The van der Waals surface area contributed by atoms with Crippen LogP contribution < -0.4 is 5.32 Å². The summed E-state index contributed by atoms with van der Waals surface area (Å²) in [4.78, 5) is 16.7. The van der Waals surface area contributed by atoms with Gasteiger partial charge in [-0.15, -0.1) is 11.3 Å². The fraction of sp³-hybridized carbons (Fsp3) is 0.0769. The maximum Gasteiger partial charge on any atom is 0.249 e.